The molecule has 3 aromatic carbocycles. The Kier molecular flexibility index (Phi) is 6.83. The van der Waals surface area contributed by atoms with Gasteiger partial charge in [-0.05, 0) is 130 Å². The topological polar surface area (TPSA) is 52.6 Å². The van der Waals surface area contributed by atoms with Crippen LogP contribution in [0.4, 0.5) is 0 Å². The molecule has 0 spiro atoms. The first-order valence-corrected chi connectivity index (χ1v) is 10.7. The minimum atomic E-state index is -0.395. The van der Waals surface area contributed by atoms with Crippen molar-refractivity contribution in [3.63, 3.8) is 0 Å². The second-order valence-electron chi connectivity index (χ2n) is 8.50. The molecule has 0 saturated heterocycles. The van der Waals surface area contributed by atoms with Crippen LogP contribution in [0.3, 0.4) is 0 Å². The lowest BCUT2D eigenvalue weighted by molar-refractivity contribution is 0.0733. The molecule has 0 bridgehead atoms. The van der Waals surface area contributed by atoms with E-state index >= 15 is 0 Å². The molecule has 0 amide bonds. The van der Waals surface area contributed by atoms with E-state index in [0.29, 0.717) is 22.6 Å². The van der Waals surface area contributed by atoms with Gasteiger partial charge in [-0.1, -0.05) is 0 Å². The molecule has 0 unspecified atom stereocenters. The van der Waals surface area contributed by atoms with E-state index in [-0.39, 0.29) is 12.4 Å². The van der Waals surface area contributed by atoms with Crippen molar-refractivity contribution >= 4 is 11.8 Å². The molecule has 0 saturated carbocycles. The molecule has 0 fully saturated rings. The summed E-state index contributed by atoms with van der Waals surface area (Å²) in [6, 6.07) is 12.7. The SMILES string of the molecule is Cc1cc(OCC(=O)c2cc(C)c(C)c(C)c2)ccc1OC(=O)c1cc(C)c(C)c(C)c1. The van der Waals surface area contributed by atoms with E-state index in [9.17, 15) is 9.59 Å². The number of ether oxygens (including phenoxy) is 2. The molecule has 0 aliphatic carbocycles. The first-order valence-electron chi connectivity index (χ1n) is 10.7. The molecule has 4 heteroatoms. The molecule has 0 atom stereocenters. The van der Waals surface area contributed by atoms with E-state index in [4.69, 9.17) is 9.47 Å². The van der Waals surface area contributed by atoms with Gasteiger partial charge in [-0.15, -0.1) is 0 Å². The lowest BCUT2D eigenvalue weighted by atomic mass is 9.99. The standard InChI is InChI=1S/C28H30O4/c1-16-10-23(11-17(2)21(16)6)26(29)15-31-25-8-9-27(20(5)14-25)32-28(30)24-12-18(3)22(7)19(4)13-24/h8-14H,15H2,1-7H3. The van der Waals surface area contributed by atoms with E-state index in [0.717, 1.165) is 27.8 Å². The molecule has 0 aromatic heterocycles. The lowest BCUT2D eigenvalue weighted by Crippen LogP contribution is -2.13. The molecular weight excluding hydrogens is 400 g/mol. The van der Waals surface area contributed by atoms with Gasteiger partial charge in [0.05, 0.1) is 5.56 Å². The molecule has 3 rings (SSSR count). The Balaban J connectivity index is 1.67. The van der Waals surface area contributed by atoms with E-state index in [1.165, 1.54) is 11.1 Å². The quantitative estimate of drug-likeness (QED) is 0.261. The van der Waals surface area contributed by atoms with Gasteiger partial charge >= 0.3 is 5.97 Å². The Bertz CT molecular complexity index is 1160. The minimum absolute atomic E-state index is 0.0531. The van der Waals surface area contributed by atoms with Crippen molar-refractivity contribution in [2.75, 3.05) is 6.61 Å². The third kappa shape index (κ3) is 5.08. The first kappa shape index (κ1) is 23.3. The minimum Gasteiger partial charge on any atom is -0.485 e. The number of carbonyl (C=O) groups is 2. The highest BCUT2D eigenvalue weighted by atomic mass is 16.5. The van der Waals surface area contributed by atoms with Gasteiger partial charge in [0, 0.05) is 5.56 Å². The maximum absolute atomic E-state index is 12.6. The smallest absolute Gasteiger partial charge is 0.343 e. The van der Waals surface area contributed by atoms with Gasteiger partial charge < -0.3 is 9.47 Å². The molecule has 0 radical (unpaired) electrons. The number of esters is 1. The zero-order valence-electron chi connectivity index (χ0n) is 19.9. The average molecular weight is 431 g/mol. The summed E-state index contributed by atoms with van der Waals surface area (Å²) in [5, 5.41) is 0. The Morgan fingerprint density at radius 2 is 1.16 bits per heavy atom. The molecule has 166 valence electrons. The monoisotopic (exact) mass is 430 g/mol. The summed E-state index contributed by atoms with van der Waals surface area (Å²) < 4.78 is 11.3. The molecule has 32 heavy (non-hydrogen) atoms. The van der Waals surface area contributed by atoms with Crippen molar-refractivity contribution in [1.82, 2.24) is 0 Å². The van der Waals surface area contributed by atoms with Crippen molar-refractivity contribution in [3.8, 4) is 11.5 Å². The van der Waals surface area contributed by atoms with Gasteiger partial charge in [0.2, 0.25) is 0 Å². The number of ketones is 1. The zero-order valence-corrected chi connectivity index (χ0v) is 19.9. The van der Waals surface area contributed by atoms with Gasteiger partial charge in [-0.3, -0.25) is 4.79 Å². The van der Waals surface area contributed by atoms with Crippen LogP contribution in [0.25, 0.3) is 0 Å². The summed E-state index contributed by atoms with van der Waals surface area (Å²) in [5.41, 5.74) is 8.59. The van der Waals surface area contributed by atoms with Crippen LogP contribution >= 0.6 is 0 Å². The summed E-state index contributed by atoms with van der Waals surface area (Å²) >= 11 is 0. The van der Waals surface area contributed by atoms with Crippen LogP contribution in [0, 0.1) is 48.5 Å². The fourth-order valence-corrected chi connectivity index (χ4v) is 3.57. The lowest BCUT2D eigenvalue weighted by Gasteiger charge is -2.12. The van der Waals surface area contributed by atoms with Crippen molar-refractivity contribution in [1.29, 1.82) is 0 Å². The predicted octanol–water partition coefficient (Wildman–Crippen LogP) is 6.33. The first-order chi connectivity index (χ1) is 15.1. The number of rotatable bonds is 6. The number of hydrogen-bond acceptors (Lipinski definition) is 4. The van der Waals surface area contributed by atoms with E-state index in [2.05, 4.69) is 0 Å². The number of aryl methyl sites for hydroxylation is 5. The summed E-state index contributed by atoms with van der Waals surface area (Å²) in [4.78, 5) is 25.2. The van der Waals surface area contributed by atoms with Gasteiger partial charge in [0.15, 0.2) is 12.4 Å². The van der Waals surface area contributed by atoms with E-state index in [1.54, 1.807) is 18.2 Å². The van der Waals surface area contributed by atoms with Crippen LogP contribution in [0.2, 0.25) is 0 Å². The molecule has 4 nitrogen and oxygen atoms in total. The van der Waals surface area contributed by atoms with Crippen LogP contribution < -0.4 is 9.47 Å². The van der Waals surface area contributed by atoms with Crippen LogP contribution in [-0.2, 0) is 0 Å². The fraction of sp³-hybridized carbons (Fsp3) is 0.286. The van der Waals surface area contributed by atoms with Gasteiger partial charge in [-0.2, -0.15) is 0 Å². The van der Waals surface area contributed by atoms with Crippen molar-refractivity contribution in [3.05, 3.63) is 92.5 Å². The van der Waals surface area contributed by atoms with Crippen molar-refractivity contribution in [2.24, 2.45) is 0 Å². The average Bonchev–Trinajstić information content (AvgIpc) is 2.74. The van der Waals surface area contributed by atoms with Crippen LogP contribution in [0.15, 0.2) is 42.5 Å². The van der Waals surface area contributed by atoms with Crippen LogP contribution in [0.5, 0.6) is 11.5 Å². The summed E-state index contributed by atoms with van der Waals surface area (Å²) in [5.74, 6) is 0.551. The van der Waals surface area contributed by atoms with Crippen molar-refractivity contribution < 1.29 is 19.1 Å². The number of benzene rings is 3. The van der Waals surface area contributed by atoms with Crippen molar-refractivity contribution in [2.45, 2.75) is 48.5 Å². The Morgan fingerprint density at radius 1 is 0.656 bits per heavy atom. The molecule has 3 aromatic rings. The number of carbonyl (C=O) groups excluding carboxylic acids is 2. The van der Waals surface area contributed by atoms with E-state index < -0.39 is 5.97 Å². The number of Topliss-reactive ketones (excluding diaryl/α,β-unsaturated/α-hetero) is 1. The van der Waals surface area contributed by atoms with Gasteiger partial charge in [0.25, 0.3) is 0 Å². The fourth-order valence-electron chi connectivity index (χ4n) is 3.57. The maximum Gasteiger partial charge on any atom is 0.343 e. The third-order valence-electron chi connectivity index (χ3n) is 6.13. The van der Waals surface area contributed by atoms with Crippen LogP contribution in [-0.4, -0.2) is 18.4 Å². The molecule has 0 aliphatic rings. The Hall–Kier alpha value is -3.40. The van der Waals surface area contributed by atoms with Gasteiger partial charge in [0.1, 0.15) is 11.5 Å². The molecular formula is C28H30O4. The normalized spacial score (nSPS) is 10.7. The molecule has 0 heterocycles. The summed E-state index contributed by atoms with van der Waals surface area (Å²) in [6.07, 6.45) is 0. The number of hydrogen-bond donors (Lipinski definition) is 0. The summed E-state index contributed by atoms with van der Waals surface area (Å²) in [7, 11) is 0. The highest BCUT2D eigenvalue weighted by molar-refractivity contribution is 5.97. The largest absolute Gasteiger partial charge is 0.485 e. The predicted molar refractivity (Wildman–Crippen MR) is 127 cm³/mol. The maximum atomic E-state index is 12.6. The highest BCUT2D eigenvalue weighted by Gasteiger charge is 2.14. The van der Waals surface area contributed by atoms with Gasteiger partial charge in [-0.25, -0.2) is 4.79 Å². The molecule has 0 N–H and O–H groups in total. The van der Waals surface area contributed by atoms with E-state index in [1.807, 2.05) is 72.7 Å². The highest BCUT2D eigenvalue weighted by Crippen LogP contribution is 2.25. The summed E-state index contributed by atoms with van der Waals surface area (Å²) in [6.45, 7) is 13.8. The molecule has 0 aliphatic heterocycles. The second kappa shape index (κ2) is 9.39. The van der Waals surface area contributed by atoms with Crippen LogP contribution in [0.1, 0.15) is 59.7 Å². The third-order valence-corrected chi connectivity index (χ3v) is 6.13. The second-order valence-corrected chi connectivity index (χ2v) is 8.50. The zero-order chi connectivity index (χ0) is 23.6. The Labute approximate surface area is 190 Å². The Morgan fingerprint density at radius 3 is 1.66 bits per heavy atom.